The average molecular weight is 289 g/mol. The molecule has 0 amide bonds. The normalized spacial score (nSPS) is 23.7. The van der Waals surface area contributed by atoms with Crippen LogP contribution in [0.2, 0.25) is 0 Å². The zero-order valence-electron chi connectivity index (χ0n) is 13.2. The van der Waals surface area contributed by atoms with Crippen LogP contribution in [0.4, 0.5) is 0 Å². The molecule has 21 heavy (non-hydrogen) atoms. The molecule has 1 aromatic carbocycles. The second kappa shape index (κ2) is 8.30. The number of nitrogens with one attached hydrogen (secondary N) is 1. The van der Waals surface area contributed by atoms with E-state index in [2.05, 4.69) is 24.4 Å². The Kier molecular flexibility index (Phi) is 6.40. The summed E-state index contributed by atoms with van der Waals surface area (Å²) in [5, 5.41) is 3.44. The van der Waals surface area contributed by atoms with Gasteiger partial charge in [0.15, 0.2) is 0 Å². The number of carbonyl (C=O) groups excluding carboxylic acids is 1. The molecular weight excluding hydrogens is 262 g/mol. The first-order valence-corrected chi connectivity index (χ1v) is 8.05. The van der Waals surface area contributed by atoms with Gasteiger partial charge in [-0.3, -0.25) is 4.79 Å². The van der Waals surface area contributed by atoms with E-state index in [4.69, 9.17) is 4.74 Å². The van der Waals surface area contributed by atoms with Gasteiger partial charge in [0.25, 0.3) is 0 Å². The molecule has 2 rings (SSSR count). The number of benzene rings is 1. The van der Waals surface area contributed by atoms with E-state index in [9.17, 15) is 4.79 Å². The summed E-state index contributed by atoms with van der Waals surface area (Å²) in [5.41, 5.74) is 1.17. The Labute approximate surface area is 128 Å². The molecule has 3 nitrogen and oxygen atoms in total. The lowest BCUT2D eigenvalue weighted by Gasteiger charge is -2.37. The fraction of sp³-hybridized carbons (Fsp3) is 0.611. The third kappa shape index (κ3) is 4.14. The van der Waals surface area contributed by atoms with Crippen LogP contribution in [0.15, 0.2) is 30.3 Å². The van der Waals surface area contributed by atoms with Crippen LogP contribution in [0.1, 0.15) is 37.7 Å². The topological polar surface area (TPSA) is 38.3 Å². The third-order valence-electron chi connectivity index (χ3n) is 4.48. The quantitative estimate of drug-likeness (QED) is 0.838. The summed E-state index contributed by atoms with van der Waals surface area (Å²) in [4.78, 5) is 12.7. The van der Waals surface area contributed by atoms with Gasteiger partial charge in [-0.1, -0.05) is 37.3 Å². The fourth-order valence-corrected chi connectivity index (χ4v) is 3.51. The molecule has 3 unspecified atom stereocenters. The van der Waals surface area contributed by atoms with Crippen LogP contribution >= 0.6 is 0 Å². The van der Waals surface area contributed by atoms with Gasteiger partial charge in [-0.25, -0.2) is 0 Å². The van der Waals surface area contributed by atoms with E-state index in [1.54, 1.807) is 7.11 Å². The number of ether oxygens (including phenoxy) is 1. The molecule has 0 bridgehead atoms. The van der Waals surface area contributed by atoms with E-state index < -0.39 is 0 Å². The number of rotatable bonds is 7. The predicted octanol–water partition coefficient (Wildman–Crippen LogP) is 3.01. The highest BCUT2D eigenvalue weighted by Crippen LogP contribution is 2.36. The number of piperidine rings is 1. The Balaban J connectivity index is 2.26. The van der Waals surface area contributed by atoms with E-state index in [0.717, 1.165) is 32.5 Å². The van der Waals surface area contributed by atoms with Crippen molar-refractivity contribution >= 4 is 5.78 Å². The number of Topliss-reactive ketones (excluding diaryl/α,β-unsaturated/α-hetero) is 1. The van der Waals surface area contributed by atoms with Gasteiger partial charge in [0.2, 0.25) is 0 Å². The van der Waals surface area contributed by atoms with Crippen molar-refractivity contribution < 1.29 is 9.53 Å². The van der Waals surface area contributed by atoms with Crippen molar-refractivity contribution in [2.75, 3.05) is 26.8 Å². The van der Waals surface area contributed by atoms with Crippen molar-refractivity contribution in [1.82, 2.24) is 5.32 Å². The van der Waals surface area contributed by atoms with E-state index in [1.165, 1.54) is 5.56 Å². The monoisotopic (exact) mass is 289 g/mol. The van der Waals surface area contributed by atoms with Gasteiger partial charge < -0.3 is 10.1 Å². The Hall–Kier alpha value is -1.19. The zero-order chi connectivity index (χ0) is 15.1. The highest BCUT2D eigenvalue weighted by Gasteiger charge is 2.36. The minimum absolute atomic E-state index is 0.0217. The van der Waals surface area contributed by atoms with E-state index in [-0.39, 0.29) is 5.92 Å². The lowest BCUT2D eigenvalue weighted by atomic mass is 9.72. The van der Waals surface area contributed by atoms with Crippen LogP contribution in [0.5, 0.6) is 0 Å². The SMILES string of the molecule is CCCC(=O)C(c1ccccc1)C1CCNCC1COC. The molecule has 1 aromatic rings. The van der Waals surface area contributed by atoms with Crippen molar-refractivity contribution in [2.24, 2.45) is 11.8 Å². The van der Waals surface area contributed by atoms with Crippen LogP contribution in [0, 0.1) is 11.8 Å². The van der Waals surface area contributed by atoms with Crippen LogP contribution in [0.3, 0.4) is 0 Å². The molecule has 0 saturated carbocycles. The summed E-state index contributed by atoms with van der Waals surface area (Å²) >= 11 is 0. The van der Waals surface area contributed by atoms with Gasteiger partial charge in [-0.15, -0.1) is 0 Å². The summed E-state index contributed by atoms with van der Waals surface area (Å²) in [6.45, 7) is 4.74. The summed E-state index contributed by atoms with van der Waals surface area (Å²) in [6.07, 6.45) is 2.63. The second-order valence-electron chi connectivity index (χ2n) is 5.98. The first-order chi connectivity index (χ1) is 10.3. The molecule has 1 N–H and O–H groups in total. The van der Waals surface area contributed by atoms with Crippen LogP contribution in [0.25, 0.3) is 0 Å². The molecule has 1 saturated heterocycles. The average Bonchev–Trinajstić information content (AvgIpc) is 2.51. The van der Waals surface area contributed by atoms with Gasteiger partial charge in [0.05, 0.1) is 6.61 Å². The summed E-state index contributed by atoms with van der Waals surface area (Å²) in [6, 6.07) is 10.3. The minimum atomic E-state index is 0.0217. The number of ketones is 1. The second-order valence-corrected chi connectivity index (χ2v) is 5.98. The molecule has 1 aliphatic rings. The molecule has 0 radical (unpaired) electrons. The Bertz CT molecular complexity index is 430. The van der Waals surface area contributed by atoms with Gasteiger partial charge in [-0.05, 0) is 36.8 Å². The van der Waals surface area contributed by atoms with Crippen molar-refractivity contribution in [2.45, 2.75) is 32.1 Å². The number of carbonyl (C=O) groups is 1. The van der Waals surface area contributed by atoms with E-state index >= 15 is 0 Å². The molecule has 3 atom stereocenters. The van der Waals surface area contributed by atoms with Crippen LogP contribution in [-0.4, -0.2) is 32.6 Å². The van der Waals surface area contributed by atoms with Crippen LogP contribution < -0.4 is 5.32 Å². The molecule has 0 spiro atoms. The summed E-state index contributed by atoms with van der Waals surface area (Å²) in [7, 11) is 1.75. The summed E-state index contributed by atoms with van der Waals surface area (Å²) in [5.74, 6) is 1.20. The first-order valence-electron chi connectivity index (χ1n) is 8.05. The number of hydrogen-bond acceptors (Lipinski definition) is 3. The maximum Gasteiger partial charge on any atom is 0.140 e. The smallest absolute Gasteiger partial charge is 0.140 e. The molecule has 1 fully saturated rings. The zero-order valence-corrected chi connectivity index (χ0v) is 13.2. The highest BCUT2D eigenvalue weighted by atomic mass is 16.5. The van der Waals surface area contributed by atoms with Crippen molar-refractivity contribution in [1.29, 1.82) is 0 Å². The molecule has 1 aliphatic heterocycles. The standard InChI is InChI=1S/C18H27NO2/c1-3-7-17(20)18(14-8-5-4-6-9-14)16-10-11-19-12-15(16)13-21-2/h4-6,8-9,15-16,18-19H,3,7,10-13H2,1-2H3. The van der Waals surface area contributed by atoms with Crippen LogP contribution in [-0.2, 0) is 9.53 Å². The van der Waals surface area contributed by atoms with Crippen molar-refractivity contribution in [3.05, 3.63) is 35.9 Å². The number of hydrogen-bond donors (Lipinski definition) is 1. The molecule has 116 valence electrons. The lowest BCUT2D eigenvalue weighted by molar-refractivity contribution is -0.122. The van der Waals surface area contributed by atoms with Crippen molar-refractivity contribution in [3.8, 4) is 0 Å². The highest BCUT2D eigenvalue weighted by molar-refractivity contribution is 5.86. The number of methoxy groups -OCH3 is 1. The van der Waals surface area contributed by atoms with Gasteiger partial charge in [0.1, 0.15) is 5.78 Å². The van der Waals surface area contributed by atoms with E-state index in [1.807, 2.05) is 18.2 Å². The molecule has 0 aliphatic carbocycles. The maximum absolute atomic E-state index is 12.7. The third-order valence-corrected chi connectivity index (χ3v) is 4.48. The summed E-state index contributed by atoms with van der Waals surface area (Å²) < 4.78 is 5.39. The Morgan fingerprint density at radius 2 is 2.14 bits per heavy atom. The largest absolute Gasteiger partial charge is 0.384 e. The minimum Gasteiger partial charge on any atom is -0.384 e. The van der Waals surface area contributed by atoms with Crippen molar-refractivity contribution in [3.63, 3.8) is 0 Å². The first kappa shape index (κ1) is 16.2. The lowest BCUT2D eigenvalue weighted by Crippen LogP contribution is -2.43. The predicted molar refractivity (Wildman–Crippen MR) is 85.4 cm³/mol. The molecular formula is C18H27NO2. The van der Waals surface area contributed by atoms with Gasteiger partial charge >= 0.3 is 0 Å². The van der Waals surface area contributed by atoms with Gasteiger partial charge in [-0.2, -0.15) is 0 Å². The molecule has 0 aromatic heterocycles. The maximum atomic E-state index is 12.7. The molecule has 1 heterocycles. The van der Waals surface area contributed by atoms with Gasteiger partial charge in [0, 0.05) is 26.0 Å². The Morgan fingerprint density at radius 1 is 1.38 bits per heavy atom. The van der Waals surface area contributed by atoms with E-state index in [0.29, 0.717) is 24.0 Å². The fourth-order valence-electron chi connectivity index (χ4n) is 3.51. The Morgan fingerprint density at radius 3 is 2.81 bits per heavy atom. The molecule has 3 heteroatoms.